The molecule has 13 heavy (non-hydrogen) atoms. The Hall–Kier alpha value is -1.35. The van der Waals surface area contributed by atoms with Crippen molar-refractivity contribution in [1.82, 2.24) is 0 Å². The highest BCUT2D eigenvalue weighted by Gasteiger charge is 2.03. The van der Waals surface area contributed by atoms with E-state index in [0.29, 0.717) is 5.56 Å². The van der Waals surface area contributed by atoms with Gasteiger partial charge in [0.15, 0.2) is 0 Å². The van der Waals surface area contributed by atoms with Gasteiger partial charge in [-0.15, -0.1) is 12.4 Å². The molecule has 0 spiro atoms. The van der Waals surface area contributed by atoms with Crippen LogP contribution in [0.15, 0.2) is 36.2 Å². The van der Waals surface area contributed by atoms with Gasteiger partial charge in [-0.25, -0.2) is 4.79 Å². The maximum atomic E-state index is 12.5. The van der Waals surface area contributed by atoms with E-state index in [1.165, 1.54) is 0 Å². The molecule has 0 fully saturated rings. The fourth-order valence-corrected chi connectivity index (χ4v) is 0.757. The number of carboxylic acid groups (broad SMARTS) is 1. The zero-order valence-corrected chi connectivity index (χ0v) is 7.42. The summed E-state index contributed by atoms with van der Waals surface area (Å²) in [5, 5.41) is 8.20. The average Bonchev–Trinajstić information content (AvgIpc) is 2.06. The zero-order chi connectivity index (χ0) is 8.97. The first kappa shape index (κ1) is 11.6. The van der Waals surface area contributed by atoms with Crippen molar-refractivity contribution < 1.29 is 14.3 Å². The molecule has 0 heterocycles. The standard InChI is InChI=1S/C9H7FO2.ClH/c10-8(9(11)12)6-7-4-2-1-3-5-7;/h1-6H,(H,11,12);1H. The molecule has 0 saturated carbocycles. The van der Waals surface area contributed by atoms with Gasteiger partial charge in [-0.3, -0.25) is 0 Å². The smallest absolute Gasteiger partial charge is 0.364 e. The molecule has 1 aromatic carbocycles. The van der Waals surface area contributed by atoms with Crippen LogP contribution in [-0.4, -0.2) is 11.1 Å². The average molecular weight is 203 g/mol. The number of carbonyl (C=O) groups is 1. The molecular formula is C9H8ClFO2. The van der Waals surface area contributed by atoms with Crippen LogP contribution in [0.3, 0.4) is 0 Å². The number of hydrogen-bond acceptors (Lipinski definition) is 1. The van der Waals surface area contributed by atoms with Gasteiger partial charge in [0.25, 0.3) is 0 Å². The van der Waals surface area contributed by atoms with E-state index in [0.717, 1.165) is 6.08 Å². The highest BCUT2D eigenvalue weighted by molar-refractivity contribution is 5.89. The SMILES string of the molecule is Cl.O=C(O)C(F)=Cc1ccccc1. The summed E-state index contributed by atoms with van der Waals surface area (Å²) < 4.78 is 12.5. The number of rotatable bonds is 2. The largest absolute Gasteiger partial charge is 0.476 e. The molecule has 0 saturated heterocycles. The molecule has 0 aromatic heterocycles. The lowest BCUT2D eigenvalue weighted by Gasteiger charge is -1.90. The van der Waals surface area contributed by atoms with Crippen molar-refractivity contribution in [3.05, 3.63) is 41.7 Å². The molecule has 4 heteroatoms. The van der Waals surface area contributed by atoms with Gasteiger partial charge < -0.3 is 5.11 Å². The van der Waals surface area contributed by atoms with E-state index >= 15 is 0 Å². The first-order valence-electron chi connectivity index (χ1n) is 3.35. The third-order valence-corrected chi connectivity index (χ3v) is 1.30. The zero-order valence-electron chi connectivity index (χ0n) is 6.61. The number of aliphatic carboxylic acids is 1. The lowest BCUT2D eigenvalue weighted by Crippen LogP contribution is -1.93. The first-order valence-corrected chi connectivity index (χ1v) is 3.35. The Morgan fingerprint density at radius 1 is 1.31 bits per heavy atom. The van der Waals surface area contributed by atoms with Gasteiger partial charge >= 0.3 is 5.97 Å². The van der Waals surface area contributed by atoms with Gasteiger partial charge in [-0.05, 0) is 11.6 Å². The maximum absolute atomic E-state index is 12.5. The Bertz CT molecular complexity index is 309. The third kappa shape index (κ3) is 3.71. The van der Waals surface area contributed by atoms with Crippen molar-refractivity contribution in [2.75, 3.05) is 0 Å². The molecule has 1 rings (SSSR count). The lowest BCUT2D eigenvalue weighted by molar-refractivity contribution is -0.134. The van der Waals surface area contributed by atoms with Crippen LogP contribution in [0.1, 0.15) is 5.56 Å². The highest BCUT2D eigenvalue weighted by atomic mass is 35.5. The second-order valence-electron chi connectivity index (χ2n) is 2.21. The van der Waals surface area contributed by atoms with E-state index < -0.39 is 11.8 Å². The fourth-order valence-electron chi connectivity index (χ4n) is 0.757. The van der Waals surface area contributed by atoms with Crippen LogP contribution in [0.2, 0.25) is 0 Å². The number of benzene rings is 1. The van der Waals surface area contributed by atoms with Crippen molar-refractivity contribution in [2.45, 2.75) is 0 Å². The Labute approximate surface area is 81.1 Å². The molecule has 1 aromatic rings. The number of carboxylic acids is 1. The van der Waals surface area contributed by atoms with Crippen molar-refractivity contribution in [3.8, 4) is 0 Å². The predicted molar refractivity (Wildman–Crippen MR) is 50.4 cm³/mol. The summed E-state index contributed by atoms with van der Waals surface area (Å²) in [6.45, 7) is 0. The second kappa shape index (κ2) is 5.32. The van der Waals surface area contributed by atoms with Gasteiger partial charge in [0, 0.05) is 0 Å². The third-order valence-electron chi connectivity index (χ3n) is 1.30. The summed E-state index contributed by atoms with van der Waals surface area (Å²) in [5.74, 6) is -2.69. The Morgan fingerprint density at radius 2 is 1.85 bits per heavy atom. The lowest BCUT2D eigenvalue weighted by atomic mass is 10.2. The van der Waals surface area contributed by atoms with Crippen LogP contribution >= 0.6 is 12.4 Å². The van der Waals surface area contributed by atoms with Gasteiger partial charge in [0.2, 0.25) is 5.83 Å². The number of hydrogen-bond donors (Lipinski definition) is 1. The van der Waals surface area contributed by atoms with Crippen LogP contribution in [0.5, 0.6) is 0 Å². The molecule has 0 bridgehead atoms. The molecule has 0 amide bonds. The van der Waals surface area contributed by atoms with Gasteiger partial charge in [0.1, 0.15) is 0 Å². The topological polar surface area (TPSA) is 37.3 Å². The molecule has 0 atom stereocenters. The van der Waals surface area contributed by atoms with Gasteiger partial charge in [0.05, 0.1) is 0 Å². The Balaban J connectivity index is 0.00000144. The quantitative estimate of drug-likeness (QED) is 0.749. The van der Waals surface area contributed by atoms with E-state index in [4.69, 9.17) is 5.11 Å². The summed E-state index contributed by atoms with van der Waals surface area (Å²) in [5.41, 5.74) is 0.539. The molecule has 0 aliphatic rings. The minimum absolute atomic E-state index is 0. The summed E-state index contributed by atoms with van der Waals surface area (Å²) in [6, 6.07) is 8.45. The number of halogens is 2. The van der Waals surface area contributed by atoms with Crippen molar-refractivity contribution in [1.29, 1.82) is 0 Å². The van der Waals surface area contributed by atoms with Crippen molar-refractivity contribution in [3.63, 3.8) is 0 Å². The van der Waals surface area contributed by atoms with E-state index in [2.05, 4.69) is 0 Å². The highest BCUT2D eigenvalue weighted by Crippen LogP contribution is 2.06. The van der Waals surface area contributed by atoms with Crippen LogP contribution in [0.4, 0.5) is 4.39 Å². The van der Waals surface area contributed by atoms with E-state index in [1.807, 2.05) is 0 Å². The molecule has 1 N–H and O–H groups in total. The van der Waals surface area contributed by atoms with E-state index in [1.54, 1.807) is 30.3 Å². The summed E-state index contributed by atoms with van der Waals surface area (Å²) in [6.07, 6.45) is 0.975. The second-order valence-corrected chi connectivity index (χ2v) is 2.21. The normalized spacial score (nSPS) is 10.4. The molecule has 0 unspecified atom stereocenters. The Kier molecular flexibility index (Phi) is 4.77. The molecule has 0 aliphatic heterocycles. The summed E-state index contributed by atoms with van der Waals surface area (Å²) >= 11 is 0. The van der Waals surface area contributed by atoms with E-state index in [-0.39, 0.29) is 12.4 Å². The molecule has 70 valence electrons. The monoisotopic (exact) mass is 202 g/mol. The van der Waals surface area contributed by atoms with Crippen LogP contribution in [-0.2, 0) is 4.79 Å². The molecule has 2 nitrogen and oxygen atoms in total. The Morgan fingerprint density at radius 3 is 2.31 bits per heavy atom. The van der Waals surface area contributed by atoms with Crippen LogP contribution < -0.4 is 0 Å². The molecule has 0 radical (unpaired) electrons. The summed E-state index contributed by atoms with van der Waals surface area (Å²) in [7, 11) is 0. The van der Waals surface area contributed by atoms with E-state index in [9.17, 15) is 9.18 Å². The fraction of sp³-hybridized carbons (Fsp3) is 0. The van der Waals surface area contributed by atoms with Gasteiger partial charge in [-0.2, -0.15) is 4.39 Å². The van der Waals surface area contributed by atoms with Crippen molar-refractivity contribution in [2.24, 2.45) is 0 Å². The molecule has 0 aliphatic carbocycles. The van der Waals surface area contributed by atoms with Crippen LogP contribution in [0, 0.1) is 0 Å². The van der Waals surface area contributed by atoms with Gasteiger partial charge in [-0.1, -0.05) is 30.3 Å². The van der Waals surface area contributed by atoms with Crippen molar-refractivity contribution >= 4 is 24.5 Å². The summed E-state index contributed by atoms with van der Waals surface area (Å²) in [4.78, 5) is 10.1. The minimum atomic E-state index is -1.54. The first-order chi connectivity index (χ1) is 5.70. The minimum Gasteiger partial charge on any atom is -0.476 e. The maximum Gasteiger partial charge on any atom is 0.364 e. The van der Waals surface area contributed by atoms with Crippen LogP contribution in [0.25, 0.3) is 6.08 Å². The predicted octanol–water partition coefficient (Wildman–Crippen LogP) is 2.50. The molecular weight excluding hydrogens is 195 g/mol.